The zero-order valence-corrected chi connectivity index (χ0v) is 13.4. The van der Waals surface area contributed by atoms with Crippen LogP contribution in [0.1, 0.15) is 37.7 Å². The fourth-order valence-electron chi connectivity index (χ4n) is 2.63. The molecule has 2 rings (SSSR count). The first kappa shape index (κ1) is 16.8. The van der Waals surface area contributed by atoms with E-state index in [0.717, 1.165) is 19.3 Å². The Morgan fingerprint density at radius 2 is 1.91 bits per heavy atom. The molecule has 22 heavy (non-hydrogen) atoms. The Hall–Kier alpha value is -1.59. The first-order chi connectivity index (χ1) is 10.4. The number of nitrogens with one attached hydrogen (secondary N) is 2. The van der Waals surface area contributed by atoms with Gasteiger partial charge in [-0.15, -0.1) is 0 Å². The molecule has 0 atom stereocenters. The van der Waals surface area contributed by atoms with Crippen LogP contribution < -0.4 is 10.6 Å². The summed E-state index contributed by atoms with van der Waals surface area (Å²) in [5, 5.41) is 15.9. The van der Waals surface area contributed by atoms with Gasteiger partial charge in [-0.05, 0) is 37.5 Å². The average Bonchev–Trinajstić information content (AvgIpc) is 2.50. The molecule has 120 valence electrons. The molecule has 1 fully saturated rings. The molecule has 0 saturated heterocycles. The smallest absolute Gasteiger partial charge is 0.313 e. The standard InChI is InChI=1S/C16H21ClN2O3/c1-11-12(17)6-5-7-13(11)19-15(21)14(20)18-10-16(22)8-3-2-4-9-16/h5-7,22H,2-4,8-10H2,1H3,(H,18,20)(H,19,21). The molecule has 0 aromatic heterocycles. The quantitative estimate of drug-likeness (QED) is 0.747. The summed E-state index contributed by atoms with van der Waals surface area (Å²) in [5.41, 5.74) is 0.320. The zero-order chi connectivity index (χ0) is 16.2. The first-order valence-corrected chi connectivity index (χ1v) is 7.86. The van der Waals surface area contributed by atoms with E-state index in [0.29, 0.717) is 29.1 Å². The largest absolute Gasteiger partial charge is 0.388 e. The van der Waals surface area contributed by atoms with E-state index < -0.39 is 17.4 Å². The van der Waals surface area contributed by atoms with Gasteiger partial charge in [0, 0.05) is 17.3 Å². The number of carbonyl (C=O) groups excluding carboxylic acids is 2. The van der Waals surface area contributed by atoms with E-state index >= 15 is 0 Å². The molecule has 1 aromatic carbocycles. The molecule has 2 amide bonds. The predicted molar refractivity (Wildman–Crippen MR) is 85.9 cm³/mol. The van der Waals surface area contributed by atoms with E-state index in [9.17, 15) is 14.7 Å². The topological polar surface area (TPSA) is 78.4 Å². The third-order valence-electron chi connectivity index (χ3n) is 4.08. The Labute approximate surface area is 135 Å². The second-order valence-electron chi connectivity index (χ2n) is 5.83. The number of halogens is 1. The summed E-state index contributed by atoms with van der Waals surface area (Å²) in [5.74, 6) is -1.51. The Bertz CT molecular complexity index is 569. The van der Waals surface area contributed by atoms with Crippen LogP contribution in [0.2, 0.25) is 5.02 Å². The molecule has 5 nitrogen and oxygen atoms in total. The fourth-order valence-corrected chi connectivity index (χ4v) is 2.81. The van der Waals surface area contributed by atoms with Crippen LogP contribution in [0.4, 0.5) is 5.69 Å². The van der Waals surface area contributed by atoms with Gasteiger partial charge >= 0.3 is 11.8 Å². The highest BCUT2D eigenvalue weighted by Crippen LogP contribution is 2.27. The normalized spacial score (nSPS) is 16.9. The second-order valence-corrected chi connectivity index (χ2v) is 6.24. The molecule has 1 aliphatic carbocycles. The van der Waals surface area contributed by atoms with Crippen molar-refractivity contribution in [1.29, 1.82) is 0 Å². The number of hydrogen-bond acceptors (Lipinski definition) is 3. The predicted octanol–water partition coefficient (Wildman–Crippen LogP) is 2.40. The molecule has 0 aliphatic heterocycles. The summed E-state index contributed by atoms with van der Waals surface area (Å²) in [6, 6.07) is 5.10. The van der Waals surface area contributed by atoms with Crippen LogP contribution in [0.5, 0.6) is 0 Å². The molecule has 0 unspecified atom stereocenters. The molecule has 1 aliphatic rings. The van der Waals surface area contributed by atoms with Gasteiger partial charge in [-0.2, -0.15) is 0 Å². The van der Waals surface area contributed by atoms with Crippen molar-refractivity contribution >= 4 is 29.1 Å². The van der Waals surface area contributed by atoms with Crippen LogP contribution in [-0.2, 0) is 9.59 Å². The lowest BCUT2D eigenvalue weighted by Gasteiger charge is -2.31. The fraction of sp³-hybridized carbons (Fsp3) is 0.500. The van der Waals surface area contributed by atoms with Crippen molar-refractivity contribution in [3.63, 3.8) is 0 Å². The average molecular weight is 325 g/mol. The van der Waals surface area contributed by atoms with Gasteiger partial charge in [-0.3, -0.25) is 9.59 Å². The van der Waals surface area contributed by atoms with Gasteiger partial charge in [0.1, 0.15) is 0 Å². The summed E-state index contributed by atoms with van der Waals surface area (Å²) < 4.78 is 0. The maximum atomic E-state index is 11.9. The van der Waals surface area contributed by atoms with Gasteiger partial charge < -0.3 is 15.7 Å². The van der Waals surface area contributed by atoms with Crippen molar-refractivity contribution in [2.75, 3.05) is 11.9 Å². The van der Waals surface area contributed by atoms with E-state index in [-0.39, 0.29) is 6.54 Å². The number of anilines is 1. The van der Waals surface area contributed by atoms with Gasteiger partial charge in [0.15, 0.2) is 0 Å². The molecule has 0 heterocycles. The molecule has 0 bridgehead atoms. The van der Waals surface area contributed by atoms with Crippen LogP contribution in [0.15, 0.2) is 18.2 Å². The third kappa shape index (κ3) is 4.21. The lowest BCUT2D eigenvalue weighted by Crippen LogP contribution is -2.47. The van der Waals surface area contributed by atoms with Gasteiger partial charge in [0.2, 0.25) is 0 Å². The lowest BCUT2D eigenvalue weighted by atomic mass is 9.85. The van der Waals surface area contributed by atoms with Crippen molar-refractivity contribution in [1.82, 2.24) is 5.32 Å². The Balaban J connectivity index is 1.89. The van der Waals surface area contributed by atoms with Crippen molar-refractivity contribution in [3.05, 3.63) is 28.8 Å². The molecule has 1 saturated carbocycles. The highest BCUT2D eigenvalue weighted by molar-refractivity contribution is 6.40. The van der Waals surface area contributed by atoms with Gasteiger partial charge in [0.25, 0.3) is 0 Å². The number of hydrogen-bond donors (Lipinski definition) is 3. The second kappa shape index (κ2) is 7.11. The SMILES string of the molecule is Cc1c(Cl)cccc1NC(=O)C(=O)NCC1(O)CCCCC1. The third-order valence-corrected chi connectivity index (χ3v) is 4.49. The monoisotopic (exact) mass is 324 g/mol. The van der Waals surface area contributed by atoms with Crippen LogP contribution in [0, 0.1) is 6.92 Å². The number of rotatable bonds is 3. The van der Waals surface area contributed by atoms with Gasteiger partial charge in [-0.25, -0.2) is 0 Å². The molecular formula is C16H21ClN2O3. The molecule has 0 radical (unpaired) electrons. The maximum Gasteiger partial charge on any atom is 0.313 e. The van der Waals surface area contributed by atoms with E-state index in [4.69, 9.17) is 11.6 Å². The molecular weight excluding hydrogens is 304 g/mol. The highest BCUT2D eigenvalue weighted by atomic mass is 35.5. The summed E-state index contributed by atoms with van der Waals surface area (Å²) in [6.07, 6.45) is 4.30. The van der Waals surface area contributed by atoms with E-state index in [2.05, 4.69) is 10.6 Å². The minimum absolute atomic E-state index is 0.105. The lowest BCUT2D eigenvalue weighted by molar-refractivity contribution is -0.137. The first-order valence-electron chi connectivity index (χ1n) is 7.48. The van der Waals surface area contributed by atoms with E-state index in [1.807, 2.05) is 0 Å². The van der Waals surface area contributed by atoms with Crippen molar-refractivity contribution < 1.29 is 14.7 Å². The summed E-state index contributed by atoms with van der Waals surface area (Å²) in [4.78, 5) is 23.8. The van der Waals surface area contributed by atoms with Crippen molar-refractivity contribution in [3.8, 4) is 0 Å². The van der Waals surface area contributed by atoms with Crippen molar-refractivity contribution in [2.24, 2.45) is 0 Å². The number of carbonyl (C=O) groups is 2. The maximum absolute atomic E-state index is 11.9. The van der Waals surface area contributed by atoms with Gasteiger partial charge in [-0.1, -0.05) is 36.9 Å². The van der Waals surface area contributed by atoms with Crippen LogP contribution in [0.3, 0.4) is 0 Å². The van der Waals surface area contributed by atoms with E-state index in [1.165, 1.54) is 0 Å². The summed E-state index contributed by atoms with van der Waals surface area (Å²) >= 11 is 5.97. The number of aliphatic hydroxyl groups is 1. The molecule has 3 N–H and O–H groups in total. The minimum Gasteiger partial charge on any atom is -0.388 e. The molecule has 0 spiro atoms. The summed E-state index contributed by atoms with van der Waals surface area (Å²) in [7, 11) is 0. The van der Waals surface area contributed by atoms with Crippen LogP contribution in [-0.4, -0.2) is 29.1 Å². The van der Waals surface area contributed by atoms with Crippen LogP contribution >= 0.6 is 11.6 Å². The number of amides is 2. The summed E-state index contributed by atoms with van der Waals surface area (Å²) in [6.45, 7) is 1.87. The Kier molecular flexibility index (Phi) is 5.42. The van der Waals surface area contributed by atoms with Gasteiger partial charge in [0.05, 0.1) is 5.60 Å². The Morgan fingerprint density at radius 1 is 1.23 bits per heavy atom. The van der Waals surface area contributed by atoms with Crippen molar-refractivity contribution in [2.45, 2.75) is 44.6 Å². The molecule has 6 heteroatoms. The highest BCUT2D eigenvalue weighted by Gasteiger charge is 2.30. The van der Waals surface area contributed by atoms with E-state index in [1.54, 1.807) is 25.1 Å². The Morgan fingerprint density at radius 3 is 2.59 bits per heavy atom. The zero-order valence-electron chi connectivity index (χ0n) is 12.6. The van der Waals surface area contributed by atoms with Crippen LogP contribution in [0.25, 0.3) is 0 Å². The minimum atomic E-state index is -0.889. The molecule has 1 aromatic rings. The number of benzene rings is 1.